The van der Waals surface area contributed by atoms with Gasteiger partial charge in [0.15, 0.2) is 17.3 Å². The van der Waals surface area contributed by atoms with Crippen LogP contribution in [0.2, 0.25) is 0 Å². The predicted molar refractivity (Wildman–Crippen MR) is 105 cm³/mol. The van der Waals surface area contributed by atoms with E-state index in [1.807, 2.05) is 4.90 Å². The summed E-state index contributed by atoms with van der Waals surface area (Å²) in [7, 11) is 0. The van der Waals surface area contributed by atoms with Crippen molar-refractivity contribution < 1.29 is 18.6 Å². The molecular formula is C19H19F2N7O2. The van der Waals surface area contributed by atoms with E-state index in [1.165, 1.54) is 11.1 Å². The van der Waals surface area contributed by atoms with Gasteiger partial charge in [0.05, 0.1) is 37.9 Å². The molecule has 2 aromatic rings. The van der Waals surface area contributed by atoms with Crippen molar-refractivity contribution in [1.29, 1.82) is 0 Å². The maximum absolute atomic E-state index is 13.9. The molecule has 0 amide bonds. The second kappa shape index (κ2) is 7.62. The Morgan fingerprint density at radius 3 is 2.87 bits per heavy atom. The highest BCUT2D eigenvalue weighted by Gasteiger charge is 2.39. The molecule has 5 rings (SSSR count). The monoisotopic (exact) mass is 415 g/mol. The summed E-state index contributed by atoms with van der Waals surface area (Å²) < 4.78 is 34.8. The predicted octanol–water partition coefficient (Wildman–Crippen LogP) is 1.11. The molecule has 0 aromatic carbocycles. The first-order valence-corrected chi connectivity index (χ1v) is 9.70. The third-order valence-corrected chi connectivity index (χ3v) is 5.19. The zero-order valence-electron chi connectivity index (χ0n) is 16.0. The Morgan fingerprint density at radius 1 is 1.27 bits per heavy atom. The lowest BCUT2D eigenvalue weighted by Crippen LogP contribution is -2.38. The molecule has 1 atom stereocenters. The molecular weight excluding hydrogens is 396 g/mol. The number of ether oxygens (including phenoxy) is 1. The number of aliphatic imine (C=N–C) groups is 1. The molecule has 0 spiro atoms. The lowest BCUT2D eigenvalue weighted by molar-refractivity contribution is 0.122. The van der Waals surface area contributed by atoms with E-state index in [9.17, 15) is 13.9 Å². The molecule has 156 valence electrons. The van der Waals surface area contributed by atoms with Gasteiger partial charge < -0.3 is 14.7 Å². The molecule has 0 bridgehead atoms. The first kappa shape index (κ1) is 18.9. The zero-order chi connectivity index (χ0) is 20.7. The van der Waals surface area contributed by atoms with E-state index < -0.39 is 12.5 Å². The smallest absolute Gasteiger partial charge is 0.295 e. The zero-order valence-corrected chi connectivity index (χ0v) is 16.0. The van der Waals surface area contributed by atoms with Crippen molar-refractivity contribution in [2.24, 2.45) is 4.99 Å². The summed E-state index contributed by atoms with van der Waals surface area (Å²) >= 11 is 0. The molecule has 1 N–H and O–H groups in total. The largest absolute Gasteiger partial charge is 0.394 e. The van der Waals surface area contributed by atoms with Gasteiger partial charge in [0.25, 0.3) is 6.43 Å². The third kappa shape index (κ3) is 3.09. The second-order valence-corrected chi connectivity index (χ2v) is 7.01. The molecule has 4 heterocycles. The maximum Gasteiger partial charge on any atom is 0.295 e. The van der Waals surface area contributed by atoms with Gasteiger partial charge in [-0.15, -0.1) is 0 Å². The fourth-order valence-corrected chi connectivity index (χ4v) is 3.79. The molecule has 2 aromatic heterocycles. The Balaban J connectivity index is 1.71. The van der Waals surface area contributed by atoms with Crippen LogP contribution in [0.15, 0.2) is 34.4 Å². The van der Waals surface area contributed by atoms with Gasteiger partial charge in [-0.2, -0.15) is 15.1 Å². The number of amidine groups is 1. The fourth-order valence-electron chi connectivity index (χ4n) is 3.79. The number of hydrogen-bond acceptors (Lipinski definition) is 8. The first-order chi connectivity index (χ1) is 14.7. The summed E-state index contributed by atoms with van der Waals surface area (Å²) in [5.74, 6) is 0.300. The maximum atomic E-state index is 13.9. The van der Waals surface area contributed by atoms with Gasteiger partial charge in [-0.3, -0.25) is 9.89 Å². The first-order valence-electron chi connectivity index (χ1n) is 9.70. The van der Waals surface area contributed by atoms with Gasteiger partial charge in [-0.1, -0.05) is 5.73 Å². The van der Waals surface area contributed by atoms with Crippen LogP contribution in [-0.4, -0.2) is 76.1 Å². The van der Waals surface area contributed by atoms with Crippen LogP contribution in [0.25, 0.3) is 11.0 Å². The topological polar surface area (TPSA) is 91.9 Å². The van der Waals surface area contributed by atoms with Crippen LogP contribution in [0.4, 0.5) is 20.5 Å². The van der Waals surface area contributed by atoms with Crippen molar-refractivity contribution in [3.8, 4) is 0 Å². The number of aliphatic hydroxyl groups excluding tert-OH is 1. The van der Waals surface area contributed by atoms with Crippen LogP contribution in [0, 0.1) is 0 Å². The Kier molecular flexibility index (Phi) is 4.80. The summed E-state index contributed by atoms with van der Waals surface area (Å²) in [5.41, 5.74) is 6.75. The van der Waals surface area contributed by atoms with Crippen LogP contribution in [-0.2, 0) is 11.3 Å². The number of morpholine rings is 1. The van der Waals surface area contributed by atoms with Gasteiger partial charge in [0.1, 0.15) is 11.7 Å². The minimum absolute atomic E-state index is 0.128. The van der Waals surface area contributed by atoms with E-state index in [2.05, 4.69) is 31.5 Å². The molecule has 1 fully saturated rings. The highest BCUT2D eigenvalue weighted by Crippen LogP contribution is 2.36. The molecule has 1 unspecified atom stereocenters. The van der Waals surface area contributed by atoms with E-state index >= 15 is 0 Å². The van der Waals surface area contributed by atoms with Crippen LogP contribution < -0.4 is 9.80 Å². The van der Waals surface area contributed by atoms with Gasteiger partial charge >= 0.3 is 0 Å². The van der Waals surface area contributed by atoms with Crippen LogP contribution in [0.1, 0.15) is 6.42 Å². The number of rotatable bonds is 5. The summed E-state index contributed by atoms with van der Waals surface area (Å²) in [6.07, 6.45) is 0.957. The molecule has 1 aliphatic carbocycles. The van der Waals surface area contributed by atoms with Crippen molar-refractivity contribution >= 4 is 28.6 Å². The number of hydrogen-bond donors (Lipinski definition) is 1. The molecule has 9 nitrogen and oxygen atoms in total. The Morgan fingerprint density at radius 2 is 2.10 bits per heavy atom. The number of aromatic nitrogens is 4. The summed E-state index contributed by atoms with van der Waals surface area (Å²) in [4.78, 5) is 16.8. The summed E-state index contributed by atoms with van der Waals surface area (Å²) in [6, 6.07) is -0.445. The van der Waals surface area contributed by atoms with Crippen molar-refractivity contribution in [3.05, 3.63) is 29.4 Å². The normalized spacial score (nSPS) is 20.9. The number of alkyl halides is 2. The van der Waals surface area contributed by atoms with E-state index in [0.29, 0.717) is 55.4 Å². The SMILES string of the molecule is OCCn1ncc2c(N3C4=C=C=CCC4N=C3C(F)F)nc(N3CCOCC3)nc21. The number of anilines is 2. The number of aliphatic hydroxyl groups is 1. The number of nitrogens with zero attached hydrogens (tertiary/aromatic N) is 7. The molecule has 0 saturated carbocycles. The van der Waals surface area contributed by atoms with Crippen molar-refractivity contribution in [1.82, 2.24) is 19.7 Å². The van der Waals surface area contributed by atoms with E-state index in [-0.39, 0.29) is 24.8 Å². The summed E-state index contributed by atoms with van der Waals surface area (Å²) in [6.45, 7) is 2.33. The lowest BCUT2D eigenvalue weighted by atomic mass is 10.1. The highest BCUT2D eigenvalue weighted by atomic mass is 19.3. The van der Waals surface area contributed by atoms with Crippen molar-refractivity contribution in [3.63, 3.8) is 0 Å². The van der Waals surface area contributed by atoms with E-state index in [1.54, 1.807) is 10.8 Å². The fraction of sp³-hybridized carbons (Fsp3) is 0.474. The van der Waals surface area contributed by atoms with Gasteiger partial charge in [-0.25, -0.2) is 13.5 Å². The molecule has 3 aliphatic rings. The standard InChI is InChI=1S/C19H19F2N7O2/c20-15(21)18-23-13-3-1-2-4-14(13)28(18)17-12-11-22-27(5-8-29)16(12)24-19(25-17)26-6-9-30-10-7-26/h1,11,13,15,29H,3,5-10H2. The third-order valence-electron chi connectivity index (χ3n) is 5.19. The lowest BCUT2D eigenvalue weighted by Gasteiger charge is -2.28. The van der Waals surface area contributed by atoms with Gasteiger partial charge in [0, 0.05) is 19.5 Å². The van der Waals surface area contributed by atoms with Crippen LogP contribution in [0.5, 0.6) is 0 Å². The molecule has 0 radical (unpaired) electrons. The number of halogens is 2. The van der Waals surface area contributed by atoms with E-state index in [0.717, 1.165) is 0 Å². The van der Waals surface area contributed by atoms with E-state index in [4.69, 9.17) is 4.74 Å². The summed E-state index contributed by atoms with van der Waals surface area (Å²) in [5, 5.41) is 14.2. The quantitative estimate of drug-likeness (QED) is 0.732. The minimum atomic E-state index is -2.78. The van der Waals surface area contributed by atoms with Gasteiger partial charge in [-0.05, 0) is 11.8 Å². The average Bonchev–Trinajstić information content (AvgIpc) is 3.36. The van der Waals surface area contributed by atoms with Crippen molar-refractivity contribution in [2.75, 3.05) is 42.7 Å². The van der Waals surface area contributed by atoms with Crippen LogP contribution in [0.3, 0.4) is 0 Å². The minimum Gasteiger partial charge on any atom is -0.394 e. The van der Waals surface area contributed by atoms with Gasteiger partial charge in [0.2, 0.25) is 5.95 Å². The number of fused-ring (bicyclic) bond motifs is 2. The Hall–Kier alpha value is -3.10. The Labute approximate surface area is 170 Å². The highest BCUT2D eigenvalue weighted by molar-refractivity contribution is 6.09. The van der Waals surface area contributed by atoms with Crippen molar-refractivity contribution in [2.45, 2.75) is 25.4 Å². The molecule has 30 heavy (non-hydrogen) atoms. The molecule has 11 heteroatoms. The molecule has 2 aliphatic heterocycles. The Bertz CT molecular complexity index is 1110. The molecule has 1 saturated heterocycles. The second-order valence-electron chi connectivity index (χ2n) is 7.01. The van der Waals surface area contributed by atoms with Crippen LogP contribution >= 0.6 is 0 Å². The average molecular weight is 415 g/mol.